The van der Waals surface area contributed by atoms with Gasteiger partial charge in [-0.2, -0.15) is 4.98 Å². The molecule has 1 heterocycles. The van der Waals surface area contributed by atoms with Crippen LogP contribution in [0.15, 0.2) is 0 Å². The first-order valence-electron chi connectivity index (χ1n) is 6.75. The van der Waals surface area contributed by atoms with E-state index in [9.17, 15) is 0 Å². The Kier molecular flexibility index (Phi) is 3.94. The second-order valence-electron chi connectivity index (χ2n) is 5.73. The van der Waals surface area contributed by atoms with Crippen molar-refractivity contribution in [2.75, 3.05) is 19.5 Å². The predicted molar refractivity (Wildman–Crippen MR) is 74.4 cm³/mol. The third-order valence-corrected chi connectivity index (χ3v) is 3.59. The number of nitrogens with zero attached hydrogens (tertiary/aromatic N) is 2. The molecule has 0 spiro atoms. The zero-order chi connectivity index (χ0) is 14.0. The Morgan fingerprint density at radius 1 is 1.32 bits per heavy atom. The van der Waals surface area contributed by atoms with E-state index in [0.29, 0.717) is 24.2 Å². The van der Waals surface area contributed by atoms with Gasteiger partial charge in [0.2, 0.25) is 5.88 Å². The lowest BCUT2D eigenvalue weighted by atomic mass is 10.1. The van der Waals surface area contributed by atoms with Gasteiger partial charge in [0.05, 0.1) is 17.8 Å². The fourth-order valence-electron chi connectivity index (χ4n) is 1.69. The Hall–Kier alpha value is -1.36. The van der Waals surface area contributed by atoms with Crippen molar-refractivity contribution < 1.29 is 9.47 Å². The van der Waals surface area contributed by atoms with E-state index in [1.54, 1.807) is 7.11 Å². The van der Waals surface area contributed by atoms with Gasteiger partial charge in [-0.1, -0.05) is 0 Å². The minimum atomic E-state index is -0.189. The Morgan fingerprint density at radius 2 is 2.00 bits per heavy atom. The van der Waals surface area contributed by atoms with Crippen molar-refractivity contribution >= 4 is 5.82 Å². The van der Waals surface area contributed by atoms with Crippen LogP contribution in [0, 0.1) is 6.92 Å². The largest absolute Gasteiger partial charge is 0.477 e. The Balaban J connectivity index is 2.03. The van der Waals surface area contributed by atoms with Crippen LogP contribution in [0.5, 0.6) is 5.88 Å². The Morgan fingerprint density at radius 3 is 2.58 bits per heavy atom. The smallest absolute Gasteiger partial charge is 0.221 e. The second-order valence-corrected chi connectivity index (χ2v) is 5.73. The van der Waals surface area contributed by atoms with Gasteiger partial charge in [-0.05, 0) is 33.6 Å². The van der Waals surface area contributed by atoms with Crippen LogP contribution < -0.4 is 10.5 Å². The van der Waals surface area contributed by atoms with E-state index >= 15 is 0 Å². The number of hydrogen-bond acceptors (Lipinski definition) is 5. The molecule has 1 aromatic heterocycles. The number of rotatable bonds is 6. The summed E-state index contributed by atoms with van der Waals surface area (Å²) in [5, 5.41) is 0. The highest BCUT2D eigenvalue weighted by Crippen LogP contribution is 2.39. The summed E-state index contributed by atoms with van der Waals surface area (Å²) in [6, 6.07) is 0. The van der Waals surface area contributed by atoms with Gasteiger partial charge in [-0.15, -0.1) is 0 Å². The SMILES string of the molecule is COC(C)(C)CCOc1nc(C2CC2)nc(N)c1C. The highest BCUT2D eigenvalue weighted by molar-refractivity contribution is 5.45. The van der Waals surface area contributed by atoms with Crippen molar-refractivity contribution in [2.24, 2.45) is 0 Å². The molecule has 0 aromatic carbocycles. The molecule has 1 aliphatic rings. The number of aromatic nitrogens is 2. The quantitative estimate of drug-likeness (QED) is 0.855. The van der Waals surface area contributed by atoms with E-state index in [1.165, 1.54) is 0 Å². The molecule has 5 nitrogen and oxygen atoms in total. The maximum Gasteiger partial charge on any atom is 0.221 e. The van der Waals surface area contributed by atoms with Crippen molar-refractivity contribution in [1.82, 2.24) is 9.97 Å². The van der Waals surface area contributed by atoms with Crippen molar-refractivity contribution in [3.8, 4) is 5.88 Å². The summed E-state index contributed by atoms with van der Waals surface area (Å²) in [6.45, 7) is 6.52. The number of nitrogen functional groups attached to an aromatic ring is 1. The topological polar surface area (TPSA) is 70.3 Å². The summed E-state index contributed by atoms with van der Waals surface area (Å²) in [4.78, 5) is 8.82. The summed E-state index contributed by atoms with van der Waals surface area (Å²) in [7, 11) is 1.71. The summed E-state index contributed by atoms with van der Waals surface area (Å²) in [5.41, 5.74) is 6.55. The molecule has 0 unspecified atom stereocenters. The number of anilines is 1. The summed E-state index contributed by atoms with van der Waals surface area (Å²) >= 11 is 0. The number of ether oxygens (including phenoxy) is 2. The van der Waals surface area contributed by atoms with Crippen LogP contribution in [-0.2, 0) is 4.74 Å². The molecule has 1 aliphatic carbocycles. The maximum absolute atomic E-state index is 5.91. The fourth-order valence-corrected chi connectivity index (χ4v) is 1.69. The second kappa shape index (κ2) is 5.33. The average Bonchev–Trinajstić information content (AvgIpc) is 3.18. The highest BCUT2D eigenvalue weighted by Gasteiger charge is 2.28. The molecule has 106 valence electrons. The number of hydrogen-bond donors (Lipinski definition) is 1. The normalized spacial score (nSPS) is 15.6. The highest BCUT2D eigenvalue weighted by atomic mass is 16.5. The van der Waals surface area contributed by atoms with Crippen LogP contribution in [-0.4, -0.2) is 29.3 Å². The molecule has 1 aromatic rings. The molecule has 0 saturated heterocycles. The predicted octanol–water partition coefficient (Wildman–Crippen LogP) is 2.44. The van der Waals surface area contributed by atoms with E-state index in [2.05, 4.69) is 9.97 Å². The molecular formula is C14H23N3O2. The fraction of sp³-hybridized carbons (Fsp3) is 0.714. The molecule has 5 heteroatoms. The van der Waals surface area contributed by atoms with Gasteiger partial charge >= 0.3 is 0 Å². The van der Waals surface area contributed by atoms with Crippen LogP contribution in [0.3, 0.4) is 0 Å². The van der Waals surface area contributed by atoms with Gasteiger partial charge in [-0.25, -0.2) is 4.98 Å². The zero-order valence-electron chi connectivity index (χ0n) is 12.2. The molecular weight excluding hydrogens is 242 g/mol. The van der Waals surface area contributed by atoms with Crippen molar-refractivity contribution in [1.29, 1.82) is 0 Å². The lowest BCUT2D eigenvalue weighted by molar-refractivity contribution is 0.00500. The standard InChI is InChI=1S/C14H23N3O2/c1-9-11(15)16-12(10-5-6-10)17-13(9)19-8-7-14(2,3)18-4/h10H,5-8H2,1-4H3,(H2,15,16,17). The van der Waals surface area contributed by atoms with E-state index in [-0.39, 0.29) is 5.60 Å². The van der Waals surface area contributed by atoms with Gasteiger partial charge in [0.15, 0.2) is 0 Å². The first-order valence-corrected chi connectivity index (χ1v) is 6.75. The maximum atomic E-state index is 5.91. The molecule has 0 aliphatic heterocycles. The number of methoxy groups -OCH3 is 1. The van der Waals surface area contributed by atoms with Crippen LogP contribution >= 0.6 is 0 Å². The van der Waals surface area contributed by atoms with E-state index in [0.717, 1.165) is 30.7 Å². The Labute approximate surface area is 114 Å². The van der Waals surface area contributed by atoms with Crippen molar-refractivity contribution in [2.45, 2.75) is 51.6 Å². The summed E-state index contributed by atoms with van der Waals surface area (Å²) in [6.07, 6.45) is 3.10. The van der Waals surface area contributed by atoms with Gasteiger partial charge in [0, 0.05) is 19.4 Å². The molecule has 0 radical (unpaired) electrons. The minimum Gasteiger partial charge on any atom is -0.477 e. The molecule has 0 bridgehead atoms. The van der Waals surface area contributed by atoms with Crippen LogP contribution in [0.1, 0.15) is 50.4 Å². The molecule has 1 saturated carbocycles. The number of nitrogens with two attached hydrogens (primary N) is 1. The molecule has 0 amide bonds. The van der Waals surface area contributed by atoms with Crippen LogP contribution in [0.25, 0.3) is 0 Å². The van der Waals surface area contributed by atoms with E-state index < -0.39 is 0 Å². The molecule has 19 heavy (non-hydrogen) atoms. The zero-order valence-corrected chi connectivity index (χ0v) is 12.2. The van der Waals surface area contributed by atoms with Gasteiger partial charge in [-0.3, -0.25) is 0 Å². The van der Waals surface area contributed by atoms with Crippen molar-refractivity contribution in [3.63, 3.8) is 0 Å². The molecule has 1 fully saturated rings. The van der Waals surface area contributed by atoms with Gasteiger partial charge in [0.25, 0.3) is 0 Å². The molecule has 2 rings (SSSR count). The van der Waals surface area contributed by atoms with Gasteiger partial charge in [0.1, 0.15) is 11.6 Å². The first kappa shape index (κ1) is 14.1. The summed E-state index contributed by atoms with van der Waals surface area (Å²) < 4.78 is 11.1. The van der Waals surface area contributed by atoms with Crippen LogP contribution in [0.2, 0.25) is 0 Å². The third-order valence-electron chi connectivity index (χ3n) is 3.59. The Bertz CT molecular complexity index is 456. The van der Waals surface area contributed by atoms with Gasteiger partial charge < -0.3 is 15.2 Å². The third kappa shape index (κ3) is 3.56. The molecule has 0 atom stereocenters. The average molecular weight is 265 g/mol. The monoisotopic (exact) mass is 265 g/mol. The van der Waals surface area contributed by atoms with E-state index in [4.69, 9.17) is 15.2 Å². The lowest BCUT2D eigenvalue weighted by Gasteiger charge is -2.22. The van der Waals surface area contributed by atoms with Crippen LogP contribution in [0.4, 0.5) is 5.82 Å². The van der Waals surface area contributed by atoms with Crippen molar-refractivity contribution in [3.05, 3.63) is 11.4 Å². The first-order chi connectivity index (χ1) is 8.93. The lowest BCUT2D eigenvalue weighted by Crippen LogP contribution is -2.25. The van der Waals surface area contributed by atoms with E-state index in [1.807, 2.05) is 20.8 Å². The minimum absolute atomic E-state index is 0.189. The summed E-state index contributed by atoms with van der Waals surface area (Å²) in [5.74, 6) is 2.43. The molecule has 2 N–H and O–H groups in total.